The first-order chi connectivity index (χ1) is 8.75. The van der Waals surface area contributed by atoms with Crippen molar-refractivity contribution in [2.24, 2.45) is 11.8 Å². The molecule has 0 amide bonds. The SMILES string of the molecule is CC(CCNCc1ccc(Cl)s1)C1CCCNC1. The number of piperidine rings is 1. The van der Waals surface area contributed by atoms with Gasteiger partial charge >= 0.3 is 0 Å². The van der Waals surface area contributed by atoms with Crippen LogP contribution in [-0.2, 0) is 6.54 Å². The Balaban J connectivity index is 1.59. The quantitative estimate of drug-likeness (QED) is 0.782. The van der Waals surface area contributed by atoms with E-state index in [0.29, 0.717) is 0 Å². The molecule has 1 aromatic rings. The van der Waals surface area contributed by atoms with Crippen LogP contribution in [0, 0.1) is 11.8 Å². The number of rotatable bonds is 6. The second-order valence-corrected chi connectivity index (χ2v) is 7.05. The molecule has 2 unspecified atom stereocenters. The average Bonchev–Trinajstić information content (AvgIpc) is 2.81. The molecule has 2 atom stereocenters. The molecule has 2 N–H and O–H groups in total. The summed E-state index contributed by atoms with van der Waals surface area (Å²) in [4.78, 5) is 1.33. The third kappa shape index (κ3) is 4.54. The molecule has 102 valence electrons. The fourth-order valence-electron chi connectivity index (χ4n) is 2.59. The average molecular weight is 287 g/mol. The van der Waals surface area contributed by atoms with Crippen molar-refractivity contribution in [2.45, 2.75) is 32.7 Å². The highest BCUT2D eigenvalue weighted by molar-refractivity contribution is 7.16. The van der Waals surface area contributed by atoms with Gasteiger partial charge in [0.15, 0.2) is 0 Å². The molecule has 18 heavy (non-hydrogen) atoms. The molecule has 0 radical (unpaired) electrons. The Morgan fingerprint density at radius 3 is 3.11 bits per heavy atom. The second kappa shape index (κ2) is 7.49. The van der Waals surface area contributed by atoms with E-state index in [2.05, 4.69) is 23.6 Å². The van der Waals surface area contributed by atoms with Crippen LogP contribution in [-0.4, -0.2) is 19.6 Å². The zero-order valence-electron chi connectivity index (χ0n) is 11.0. The summed E-state index contributed by atoms with van der Waals surface area (Å²) in [5, 5.41) is 7.02. The van der Waals surface area contributed by atoms with E-state index < -0.39 is 0 Å². The van der Waals surface area contributed by atoms with E-state index in [-0.39, 0.29) is 0 Å². The van der Waals surface area contributed by atoms with Crippen molar-refractivity contribution >= 4 is 22.9 Å². The smallest absolute Gasteiger partial charge is 0.0931 e. The highest BCUT2D eigenvalue weighted by Crippen LogP contribution is 2.23. The molecule has 1 saturated heterocycles. The lowest BCUT2D eigenvalue weighted by Crippen LogP contribution is -2.34. The van der Waals surface area contributed by atoms with Gasteiger partial charge in [-0.2, -0.15) is 0 Å². The van der Waals surface area contributed by atoms with E-state index in [1.807, 2.05) is 6.07 Å². The monoisotopic (exact) mass is 286 g/mol. The number of hydrogen-bond donors (Lipinski definition) is 2. The Morgan fingerprint density at radius 2 is 2.44 bits per heavy atom. The third-order valence-electron chi connectivity index (χ3n) is 3.84. The summed E-state index contributed by atoms with van der Waals surface area (Å²) in [6, 6.07) is 4.08. The standard InChI is InChI=1S/C14H23ClN2S/c1-11(12-3-2-7-16-9-12)6-8-17-10-13-4-5-14(15)18-13/h4-5,11-12,16-17H,2-3,6-10H2,1H3. The maximum absolute atomic E-state index is 5.91. The molecule has 4 heteroatoms. The zero-order valence-corrected chi connectivity index (χ0v) is 12.6. The van der Waals surface area contributed by atoms with Crippen LogP contribution in [0.1, 0.15) is 31.1 Å². The van der Waals surface area contributed by atoms with Crippen molar-refractivity contribution in [3.8, 4) is 0 Å². The van der Waals surface area contributed by atoms with Gasteiger partial charge in [-0.1, -0.05) is 18.5 Å². The Bertz CT molecular complexity index is 347. The first-order valence-corrected chi connectivity index (χ1v) is 8.11. The van der Waals surface area contributed by atoms with Crippen molar-refractivity contribution in [1.29, 1.82) is 0 Å². The van der Waals surface area contributed by atoms with Crippen LogP contribution >= 0.6 is 22.9 Å². The van der Waals surface area contributed by atoms with Gasteiger partial charge in [-0.3, -0.25) is 0 Å². The van der Waals surface area contributed by atoms with Crippen LogP contribution in [0.3, 0.4) is 0 Å². The van der Waals surface area contributed by atoms with Gasteiger partial charge in [-0.15, -0.1) is 11.3 Å². The van der Waals surface area contributed by atoms with Gasteiger partial charge in [-0.05, 0) is 62.9 Å². The van der Waals surface area contributed by atoms with Gasteiger partial charge in [0.25, 0.3) is 0 Å². The van der Waals surface area contributed by atoms with Crippen LogP contribution in [0.5, 0.6) is 0 Å². The second-order valence-electron chi connectivity index (χ2n) is 5.25. The molecule has 0 spiro atoms. The normalized spacial score (nSPS) is 22.0. The highest BCUT2D eigenvalue weighted by Gasteiger charge is 2.19. The molecule has 0 bridgehead atoms. The Morgan fingerprint density at radius 1 is 1.56 bits per heavy atom. The highest BCUT2D eigenvalue weighted by atomic mass is 35.5. The lowest BCUT2D eigenvalue weighted by molar-refractivity contribution is 0.266. The molecule has 2 nitrogen and oxygen atoms in total. The molecule has 0 aromatic carbocycles. The predicted molar refractivity (Wildman–Crippen MR) is 80.4 cm³/mol. The van der Waals surface area contributed by atoms with Crippen LogP contribution in [0.2, 0.25) is 4.34 Å². The third-order valence-corrected chi connectivity index (χ3v) is 5.08. The first kappa shape index (κ1) is 14.3. The molecular formula is C14H23ClN2S. The fraction of sp³-hybridized carbons (Fsp3) is 0.714. The molecule has 1 aliphatic rings. The van der Waals surface area contributed by atoms with E-state index in [0.717, 1.165) is 29.3 Å². The van der Waals surface area contributed by atoms with Crippen molar-refractivity contribution in [3.05, 3.63) is 21.3 Å². The summed E-state index contributed by atoms with van der Waals surface area (Å²) in [6.07, 6.45) is 4.01. The Hall–Kier alpha value is -0.0900. The molecule has 2 rings (SSSR count). The number of thiophene rings is 1. The minimum Gasteiger partial charge on any atom is -0.316 e. The lowest BCUT2D eigenvalue weighted by atomic mass is 9.85. The van der Waals surface area contributed by atoms with Gasteiger partial charge in [0, 0.05) is 11.4 Å². The van der Waals surface area contributed by atoms with Crippen LogP contribution in [0.25, 0.3) is 0 Å². The summed E-state index contributed by atoms with van der Waals surface area (Å²) in [5.41, 5.74) is 0. The summed E-state index contributed by atoms with van der Waals surface area (Å²) < 4.78 is 0.883. The summed E-state index contributed by atoms with van der Waals surface area (Å²) in [5.74, 6) is 1.69. The molecule has 2 heterocycles. The van der Waals surface area contributed by atoms with Crippen molar-refractivity contribution < 1.29 is 0 Å². The van der Waals surface area contributed by atoms with Crippen LogP contribution in [0.4, 0.5) is 0 Å². The largest absolute Gasteiger partial charge is 0.316 e. The molecule has 0 aliphatic carbocycles. The molecule has 1 fully saturated rings. The predicted octanol–water partition coefficient (Wildman–Crippen LogP) is 3.52. The fourth-order valence-corrected chi connectivity index (χ4v) is 3.65. The van der Waals surface area contributed by atoms with E-state index in [1.54, 1.807) is 11.3 Å². The van der Waals surface area contributed by atoms with E-state index in [9.17, 15) is 0 Å². The first-order valence-electron chi connectivity index (χ1n) is 6.91. The van der Waals surface area contributed by atoms with Gasteiger partial charge in [0.2, 0.25) is 0 Å². The lowest BCUT2D eigenvalue weighted by Gasteiger charge is -2.28. The molecule has 0 saturated carbocycles. The molecule has 1 aromatic heterocycles. The number of nitrogens with one attached hydrogen (secondary N) is 2. The van der Waals surface area contributed by atoms with E-state index in [4.69, 9.17) is 11.6 Å². The van der Waals surface area contributed by atoms with Crippen molar-refractivity contribution in [3.63, 3.8) is 0 Å². The number of halogens is 1. The van der Waals surface area contributed by atoms with Gasteiger partial charge in [0.05, 0.1) is 4.34 Å². The van der Waals surface area contributed by atoms with Gasteiger partial charge in [-0.25, -0.2) is 0 Å². The minimum absolute atomic E-state index is 0.817. The summed E-state index contributed by atoms with van der Waals surface area (Å²) >= 11 is 7.58. The molecule has 1 aliphatic heterocycles. The zero-order chi connectivity index (χ0) is 12.8. The maximum atomic E-state index is 5.91. The maximum Gasteiger partial charge on any atom is 0.0931 e. The Labute approximate surface area is 119 Å². The summed E-state index contributed by atoms with van der Waals surface area (Å²) in [7, 11) is 0. The van der Waals surface area contributed by atoms with E-state index in [1.165, 1.54) is 37.2 Å². The van der Waals surface area contributed by atoms with Gasteiger partial charge in [0.1, 0.15) is 0 Å². The van der Waals surface area contributed by atoms with Gasteiger partial charge < -0.3 is 10.6 Å². The minimum atomic E-state index is 0.817. The van der Waals surface area contributed by atoms with Crippen molar-refractivity contribution in [1.82, 2.24) is 10.6 Å². The van der Waals surface area contributed by atoms with Crippen molar-refractivity contribution in [2.75, 3.05) is 19.6 Å². The van der Waals surface area contributed by atoms with Crippen LogP contribution < -0.4 is 10.6 Å². The number of hydrogen-bond acceptors (Lipinski definition) is 3. The van der Waals surface area contributed by atoms with E-state index >= 15 is 0 Å². The van der Waals surface area contributed by atoms with Crippen LogP contribution in [0.15, 0.2) is 12.1 Å². The molecular weight excluding hydrogens is 264 g/mol. The Kier molecular flexibility index (Phi) is 5.96. The topological polar surface area (TPSA) is 24.1 Å². The summed E-state index contributed by atoms with van der Waals surface area (Å²) in [6.45, 7) is 6.86.